The number of nitro groups is 2. The second-order valence-corrected chi connectivity index (χ2v) is 5.24. The van der Waals surface area contributed by atoms with E-state index in [1.54, 1.807) is 48.5 Å². The Morgan fingerprint density at radius 2 is 1.08 bits per heavy atom. The number of anilines is 2. The number of nitro benzene ring substituents is 2. The monoisotopic (exact) mass is 349 g/mol. The quantitative estimate of drug-likeness (QED) is 0.481. The van der Waals surface area contributed by atoms with Crippen molar-refractivity contribution in [3.8, 4) is 0 Å². The molecule has 0 fully saturated rings. The summed E-state index contributed by atoms with van der Waals surface area (Å²) in [6, 6.07) is 21.5. The molecule has 26 heavy (non-hydrogen) atoms. The molecule has 0 aliphatic rings. The zero-order valence-corrected chi connectivity index (χ0v) is 13.4. The molecule has 0 aromatic heterocycles. The molecule has 0 unspecified atom stereocenters. The molecule has 0 saturated heterocycles. The predicted octanol–water partition coefficient (Wildman–Crippen LogP) is 4.49. The maximum absolute atomic E-state index is 11.4. The van der Waals surface area contributed by atoms with Gasteiger partial charge in [0.2, 0.25) is 5.69 Å². The number of hydrogen-bond donors (Lipinski definition) is 0. The number of benzene rings is 3. The van der Waals surface area contributed by atoms with Crippen LogP contribution in [0.4, 0.5) is 28.4 Å². The van der Waals surface area contributed by atoms with Gasteiger partial charge in [-0.3, -0.25) is 20.2 Å². The van der Waals surface area contributed by atoms with E-state index in [0.29, 0.717) is 11.4 Å². The molecule has 0 aliphatic heterocycles. The first-order valence-corrected chi connectivity index (χ1v) is 7.61. The third-order valence-electron chi connectivity index (χ3n) is 3.59. The molecule has 0 bridgehead atoms. The summed E-state index contributed by atoms with van der Waals surface area (Å²) in [4.78, 5) is 21.3. The van der Waals surface area contributed by atoms with E-state index in [2.05, 4.69) is 5.43 Å². The molecule has 1 radical (unpaired) electrons. The maximum atomic E-state index is 11.4. The molecule has 3 aromatic carbocycles. The molecule has 0 aliphatic carbocycles. The van der Waals surface area contributed by atoms with E-state index in [4.69, 9.17) is 0 Å². The molecule has 0 atom stereocenters. The minimum Gasteiger partial charge on any atom is -0.258 e. The lowest BCUT2D eigenvalue weighted by Crippen LogP contribution is -2.24. The van der Waals surface area contributed by atoms with Crippen LogP contribution in [-0.2, 0) is 0 Å². The Balaban J connectivity index is 2.14. The Bertz CT molecular complexity index is 861. The second-order valence-electron chi connectivity index (χ2n) is 5.24. The molecule has 8 heteroatoms. The number of hydrogen-bond acceptors (Lipinski definition) is 5. The highest BCUT2D eigenvalue weighted by atomic mass is 16.6. The van der Waals surface area contributed by atoms with Crippen molar-refractivity contribution in [1.82, 2.24) is 5.43 Å². The van der Waals surface area contributed by atoms with Crippen molar-refractivity contribution < 1.29 is 9.85 Å². The fourth-order valence-corrected chi connectivity index (χ4v) is 2.42. The zero-order chi connectivity index (χ0) is 18.5. The van der Waals surface area contributed by atoms with Crippen LogP contribution >= 0.6 is 0 Å². The Kier molecular flexibility index (Phi) is 4.75. The number of para-hydroxylation sites is 2. The van der Waals surface area contributed by atoms with E-state index < -0.39 is 21.2 Å². The van der Waals surface area contributed by atoms with Crippen LogP contribution in [0.5, 0.6) is 0 Å². The van der Waals surface area contributed by atoms with Gasteiger partial charge in [0.25, 0.3) is 0 Å². The van der Waals surface area contributed by atoms with Crippen molar-refractivity contribution in [2.75, 3.05) is 5.01 Å². The van der Waals surface area contributed by atoms with E-state index in [-0.39, 0.29) is 5.69 Å². The SMILES string of the molecule is O=[N+]([O-])c1cccc([N+](=O)[O-])c1[N]N(c1ccccc1)c1ccccc1. The lowest BCUT2D eigenvalue weighted by molar-refractivity contribution is -0.393. The first kappa shape index (κ1) is 16.9. The van der Waals surface area contributed by atoms with Gasteiger partial charge in [-0.05, 0) is 30.3 Å². The van der Waals surface area contributed by atoms with Gasteiger partial charge in [0, 0.05) is 12.1 Å². The Morgan fingerprint density at radius 3 is 1.46 bits per heavy atom. The van der Waals surface area contributed by atoms with Crippen LogP contribution in [0.25, 0.3) is 0 Å². The Hall–Kier alpha value is -3.94. The normalized spacial score (nSPS) is 10.2. The highest BCUT2D eigenvalue weighted by molar-refractivity contribution is 5.73. The smallest absolute Gasteiger partial charge is 0.258 e. The van der Waals surface area contributed by atoms with Crippen LogP contribution in [0.1, 0.15) is 0 Å². The average molecular weight is 349 g/mol. The number of rotatable bonds is 6. The van der Waals surface area contributed by atoms with Gasteiger partial charge in [0.15, 0.2) is 0 Å². The van der Waals surface area contributed by atoms with Gasteiger partial charge in [0.1, 0.15) is 0 Å². The molecule has 8 nitrogen and oxygen atoms in total. The van der Waals surface area contributed by atoms with Gasteiger partial charge < -0.3 is 0 Å². The third-order valence-corrected chi connectivity index (χ3v) is 3.59. The minimum absolute atomic E-state index is 0.310. The van der Waals surface area contributed by atoms with Crippen LogP contribution in [0.2, 0.25) is 0 Å². The van der Waals surface area contributed by atoms with Crippen LogP contribution in [0, 0.1) is 20.2 Å². The zero-order valence-electron chi connectivity index (χ0n) is 13.4. The van der Waals surface area contributed by atoms with Crippen LogP contribution in [0.3, 0.4) is 0 Å². The molecule has 0 spiro atoms. The summed E-state index contributed by atoms with van der Waals surface area (Å²) in [5.74, 6) is 0. The Labute approximate surface area is 148 Å². The molecule has 129 valence electrons. The third kappa shape index (κ3) is 3.44. The van der Waals surface area contributed by atoms with Crippen LogP contribution < -0.4 is 10.4 Å². The van der Waals surface area contributed by atoms with Gasteiger partial charge >= 0.3 is 11.4 Å². The van der Waals surface area contributed by atoms with Crippen molar-refractivity contribution in [3.63, 3.8) is 0 Å². The molecular weight excluding hydrogens is 336 g/mol. The summed E-state index contributed by atoms with van der Waals surface area (Å²) in [7, 11) is 0. The Morgan fingerprint density at radius 1 is 0.654 bits per heavy atom. The number of nitrogens with zero attached hydrogens (tertiary/aromatic N) is 4. The highest BCUT2D eigenvalue weighted by Crippen LogP contribution is 2.37. The summed E-state index contributed by atoms with van der Waals surface area (Å²) < 4.78 is 0. The van der Waals surface area contributed by atoms with Crippen LogP contribution in [0.15, 0.2) is 78.9 Å². The van der Waals surface area contributed by atoms with E-state index in [1.807, 2.05) is 12.1 Å². The van der Waals surface area contributed by atoms with Crippen molar-refractivity contribution in [3.05, 3.63) is 99.1 Å². The van der Waals surface area contributed by atoms with E-state index >= 15 is 0 Å². The molecule has 0 saturated carbocycles. The fraction of sp³-hybridized carbons (Fsp3) is 0. The van der Waals surface area contributed by atoms with Gasteiger partial charge in [-0.25, -0.2) is 5.01 Å². The van der Waals surface area contributed by atoms with Crippen molar-refractivity contribution >= 4 is 28.4 Å². The second kappa shape index (κ2) is 7.31. The van der Waals surface area contributed by atoms with Gasteiger partial charge in [0.05, 0.1) is 21.2 Å². The molecule has 3 aromatic rings. The molecular formula is C18H13N4O4. The molecule has 0 amide bonds. The lowest BCUT2D eigenvalue weighted by atomic mass is 10.2. The largest absolute Gasteiger partial charge is 0.303 e. The fourth-order valence-electron chi connectivity index (χ4n) is 2.42. The summed E-state index contributed by atoms with van der Waals surface area (Å²) in [5, 5.41) is 24.2. The van der Waals surface area contributed by atoms with E-state index in [1.165, 1.54) is 23.2 Å². The summed E-state index contributed by atoms with van der Waals surface area (Å²) >= 11 is 0. The van der Waals surface area contributed by atoms with Crippen molar-refractivity contribution in [2.24, 2.45) is 0 Å². The van der Waals surface area contributed by atoms with Crippen molar-refractivity contribution in [1.29, 1.82) is 0 Å². The molecule has 0 heterocycles. The van der Waals surface area contributed by atoms with Crippen LogP contribution in [-0.4, -0.2) is 9.85 Å². The van der Waals surface area contributed by atoms with Gasteiger partial charge in [-0.15, -0.1) is 0 Å². The van der Waals surface area contributed by atoms with E-state index in [9.17, 15) is 20.2 Å². The summed E-state index contributed by atoms with van der Waals surface area (Å²) in [6.07, 6.45) is 0. The first-order chi connectivity index (χ1) is 12.6. The average Bonchev–Trinajstić information content (AvgIpc) is 2.67. The topological polar surface area (TPSA) is 104 Å². The maximum Gasteiger partial charge on any atom is 0.303 e. The lowest BCUT2D eigenvalue weighted by Gasteiger charge is -2.23. The van der Waals surface area contributed by atoms with Gasteiger partial charge in [-0.1, -0.05) is 36.4 Å². The summed E-state index contributed by atoms with van der Waals surface area (Å²) in [5.41, 5.74) is 4.35. The van der Waals surface area contributed by atoms with Crippen molar-refractivity contribution in [2.45, 2.75) is 0 Å². The van der Waals surface area contributed by atoms with Gasteiger partial charge in [-0.2, -0.15) is 5.43 Å². The minimum atomic E-state index is -0.681. The standard InChI is InChI=1S/C18H13N4O4/c23-21(24)16-12-7-13-17(22(25)26)18(16)19-20(14-8-3-1-4-9-14)15-10-5-2-6-11-15/h1-13H. The summed E-state index contributed by atoms with van der Waals surface area (Å²) in [6.45, 7) is 0. The molecule has 0 N–H and O–H groups in total. The molecule has 3 rings (SSSR count). The highest BCUT2D eigenvalue weighted by Gasteiger charge is 2.28. The predicted molar refractivity (Wildman–Crippen MR) is 96.6 cm³/mol. The first-order valence-electron chi connectivity index (χ1n) is 7.61. The van der Waals surface area contributed by atoms with E-state index in [0.717, 1.165) is 0 Å².